The molecule has 0 amide bonds. The maximum atomic E-state index is 4.26. The van der Waals surface area contributed by atoms with Gasteiger partial charge in [0.25, 0.3) is 0 Å². The first-order valence-corrected chi connectivity index (χ1v) is 6.34. The molecule has 1 N–H and O–H groups in total. The normalized spacial score (nSPS) is 24.4. The number of halogens is 2. The van der Waals surface area contributed by atoms with Gasteiger partial charge in [-0.15, -0.1) is 0 Å². The van der Waals surface area contributed by atoms with E-state index in [1.807, 2.05) is 0 Å². The summed E-state index contributed by atoms with van der Waals surface area (Å²) in [5.41, 5.74) is 0. The number of hydrogen-bond donors (Lipinski definition) is 1. The van der Waals surface area contributed by atoms with Gasteiger partial charge in [0, 0.05) is 6.04 Å². The fraction of sp³-hybridized carbons (Fsp3) is 1.00. The zero-order chi connectivity index (χ0) is 10.9. The molecule has 0 saturated carbocycles. The van der Waals surface area contributed by atoms with E-state index >= 15 is 0 Å². The van der Waals surface area contributed by atoms with Crippen LogP contribution in [0.15, 0.2) is 0 Å². The van der Waals surface area contributed by atoms with Crippen molar-refractivity contribution in [1.82, 2.24) is 10.2 Å². The molecular weight excluding hydrogens is 235 g/mol. The summed E-state index contributed by atoms with van der Waals surface area (Å²) in [4.78, 5) is 2.71. The van der Waals surface area contributed by atoms with Crippen LogP contribution in [-0.4, -0.2) is 37.1 Å². The van der Waals surface area contributed by atoms with Crippen LogP contribution < -0.4 is 5.32 Å². The molecule has 2 aliphatic heterocycles. The van der Waals surface area contributed by atoms with E-state index in [9.17, 15) is 0 Å². The van der Waals surface area contributed by atoms with Crippen LogP contribution in [0.3, 0.4) is 0 Å². The van der Waals surface area contributed by atoms with E-state index in [-0.39, 0.29) is 0 Å². The van der Waals surface area contributed by atoms with Crippen molar-refractivity contribution in [3.63, 3.8) is 0 Å². The highest BCUT2D eigenvalue weighted by atomic mass is 35.6. The van der Waals surface area contributed by atoms with Gasteiger partial charge in [0.05, 0.1) is 23.7 Å². The lowest BCUT2D eigenvalue weighted by molar-refractivity contribution is 0.136. The first kappa shape index (κ1) is 13.5. The van der Waals surface area contributed by atoms with Gasteiger partial charge in [-0.3, -0.25) is 0 Å². The summed E-state index contributed by atoms with van der Waals surface area (Å²) in [6.07, 6.45) is 7.08. The largest absolute Gasteiger partial charge is 0.317 e. The summed E-state index contributed by atoms with van der Waals surface area (Å²) in [6.45, 7) is 5.21. The Balaban J connectivity index is 0.000000337. The molecule has 2 fully saturated rings. The molecule has 15 heavy (non-hydrogen) atoms. The molecule has 2 heterocycles. The van der Waals surface area contributed by atoms with E-state index in [0.29, 0.717) is 0 Å². The smallest absolute Gasteiger partial charge is 0.0832 e. The SMILES string of the molecule is C1CCN(C2CCNCC2)CC1.ClOCl. The molecule has 3 nitrogen and oxygen atoms in total. The van der Waals surface area contributed by atoms with Crippen molar-refractivity contribution >= 4 is 23.7 Å². The number of hydrogen-bond acceptors (Lipinski definition) is 3. The summed E-state index contributed by atoms with van der Waals surface area (Å²) < 4.78 is 3.19. The molecule has 90 valence electrons. The zero-order valence-corrected chi connectivity index (χ0v) is 10.6. The van der Waals surface area contributed by atoms with Crippen molar-refractivity contribution in [2.45, 2.75) is 38.1 Å². The Morgan fingerprint density at radius 2 is 1.53 bits per heavy atom. The van der Waals surface area contributed by atoms with E-state index in [4.69, 9.17) is 0 Å². The molecule has 0 aromatic heterocycles. The van der Waals surface area contributed by atoms with Gasteiger partial charge in [-0.05, 0) is 51.9 Å². The van der Waals surface area contributed by atoms with Crippen LogP contribution in [0.2, 0.25) is 0 Å². The lowest BCUT2D eigenvalue weighted by atomic mass is 10.0. The van der Waals surface area contributed by atoms with E-state index in [0.717, 1.165) is 6.04 Å². The first-order valence-electron chi connectivity index (χ1n) is 5.72. The monoisotopic (exact) mass is 254 g/mol. The van der Waals surface area contributed by atoms with Gasteiger partial charge in [0.15, 0.2) is 0 Å². The second kappa shape index (κ2) is 8.59. The average Bonchev–Trinajstić information content (AvgIpc) is 2.32. The Hall–Kier alpha value is 0.460. The van der Waals surface area contributed by atoms with E-state index in [1.54, 1.807) is 0 Å². The maximum Gasteiger partial charge on any atom is 0.0832 e. The highest BCUT2D eigenvalue weighted by Crippen LogP contribution is 2.17. The van der Waals surface area contributed by atoms with Crippen molar-refractivity contribution in [2.75, 3.05) is 26.2 Å². The second-order valence-electron chi connectivity index (χ2n) is 4.14. The molecular formula is C10H20Cl2N2O. The molecule has 2 aliphatic rings. The Kier molecular flexibility index (Phi) is 7.75. The van der Waals surface area contributed by atoms with Crippen molar-refractivity contribution in [2.24, 2.45) is 0 Å². The van der Waals surface area contributed by atoms with E-state index in [1.165, 1.54) is 58.3 Å². The number of nitrogens with zero attached hydrogens (tertiary/aromatic N) is 1. The van der Waals surface area contributed by atoms with Gasteiger partial charge in [-0.1, -0.05) is 6.42 Å². The van der Waals surface area contributed by atoms with Gasteiger partial charge in [-0.2, -0.15) is 3.84 Å². The summed E-state index contributed by atoms with van der Waals surface area (Å²) >= 11 is 8.53. The summed E-state index contributed by atoms with van der Waals surface area (Å²) in [5.74, 6) is 0. The standard InChI is InChI=1S/C10H20N2.Cl2O/c1-2-8-12(9-3-1)10-4-6-11-7-5-10;1-3-2/h10-11H,1-9H2;. The van der Waals surface area contributed by atoms with Crippen LogP contribution in [0.25, 0.3) is 0 Å². The molecule has 0 bridgehead atoms. The minimum Gasteiger partial charge on any atom is -0.317 e. The molecule has 0 aromatic carbocycles. The Labute approximate surface area is 102 Å². The molecule has 0 atom stereocenters. The minimum absolute atomic E-state index is 0.909. The molecule has 5 heteroatoms. The first-order chi connectivity index (χ1) is 7.38. The fourth-order valence-corrected chi connectivity index (χ4v) is 2.46. The fourth-order valence-electron chi connectivity index (χ4n) is 2.46. The van der Waals surface area contributed by atoms with E-state index < -0.39 is 0 Å². The zero-order valence-electron chi connectivity index (χ0n) is 9.05. The Morgan fingerprint density at radius 3 is 2.07 bits per heavy atom. The quantitative estimate of drug-likeness (QED) is 0.779. The van der Waals surface area contributed by atoms with Gasteiger partial charge in [0.2, 0.25) is 0 Å². The molecule has 2 saturated heterocycles. The summed E-state index contributed by atoms with van der Waals surface area (Å²) in [7, 11) is 0. The van der Waals surface area contributed by atoms with Crippen LogP contribution >= 0.6 is 23.7 Å². The van der Waals surface area contributed by atoms with Crippen molar-refractivity contribution < 1.29 is 3.84 Å². The number of likely N-dealkylation sites (tertiary alicyclic amines) is 1. The van der Waals surface area contributed by atoms with Crippen molar-refractivity contribution in [3.05, 3.63) is 0 Å². The minimum atomic E-state index is 0.909. The number of rotatable bonds is 1. The topological polar surface area (TPSA) is 24.5 Å². The Morgan fingerprint density at radius 1 is 1.00 bits per heavy atom. The lowest BCUT2D eigenvalue weighted by Crippen LogP contribution is -2.45. The third-order valence-corrected chi connectivity index (χ3v) is 3.22. The van der Waals surface area contributed by atoms with Crippen molar-refractivity contribution in [1.29, 1.82) is 0 Å². The molecule has 0 radical (unpaired) electrons. The van der Waals surface area contributed by atoms with Crippen LogP contribution in [-0.2, 0) is 3.84 Å². The predicted octanol–water partition coefficient (Wildman–Crippen LogP) is 2.53. The third-order valence-electron chi connectivity index (χ3n) is 3.22. The average molecular weight is 255 g/mol. The lowest BCUT2D eigenvalue weighted by Gasteiger charge is -2.36. The van der Waals surface area contributed by atoms with Crippen molar-refractivity contribution in [3.8, 4) is 0 Å². The highest BCUT2D eigenvalue weighted by Gasteiger charge is 2.21. The van der Waals surface area contributed by atoms with Crippen LogP contribution in [0, 0.1) is 0 Å². The molecule has 0 aliphatic carbocycles. The van der Waals surface area contributed by atoms with Gasteiger partial charge in [-0.25, -0.2) is 0 Å². The third kappa shape index (κ3) is 5.36. The molecule has 2 rings (SSSR count). The van der Waals surface area contributed by atoms with Crippen LogP contribution in [0.5, 0.6) is 0 Å². The number of nitrogens with one attached hydrogen (secondary N) is 1. The van der Waals surface area contributed by atoms with Gasteiger partial charge < -0.3 is 10.2 Å². The summed E-state index contributed by atoms with van der Waals surface area (Å²) in [5, 5.41) is 3.43. The van der Waals surface area contributed by atoms with Crippen LogP contribution in [0.4, 0.5) is 0 Å². The maximum absolute atomic E-state index is 4.26. The molecule has 0 unspecified atom stereocenters. The van der Waals surface area contributed by atoms with Gasteiger partial charge in [0.1, 0.15) is 0 Å². The van der Waals surface area contributed by atoms with Crippen LogP contribution in [0.1, 0.15) is 32.1 Å². The molecule has 0 aromatic rings. The second-order valence-corrected chi connectivity index (χ2v) is 4.60. The number of piperidine rings is 2. The van der Waals surface area contributed by atoms with E-state index in [2.05, 4.69) is 37.8 Å². The predicted molar refractivity (Wildman–Crippen MR) is 64.1 cm³/mol. The summed E-state index contributed by atoms with van der Waals surface area (Å²) in [6, 6.07) is 0.909. The van der Waals surface area contributed by atoms with Gasteiger partial charge >= 0.3 is 0 Å². The molecule has 0 spiro atoms. The Bertz CT molecular complexity index is 132. The highest BCUT2D eigenvalue weighted by molar-refractivity contribution is 6.24.